The lowest BCUT2D eigenvalue weighted by Gasteiger charge is -2.33. The number of carbonyl (C=O) groups is 4. The van der Waals surface area contributed by atoms with E-state index in [1.807, 2.05) is 6.07 Å². The average Bonchev–Trinajstić information content (AvgIpc) is 3.04. The van der Waals surface area contributed by atoms with Crippen LogP contribution in [0, 0.1) is 5.92 Å². The van der Waals surface area contributed by atoms with Gasteiger partial charge < -0.3 is 14.8 Å². The maximum atomic E-state index is 12.8. The molecule has 2 aromatic rings. The summed E-state index contributed by atoms with van der Waals surface area (Å²) < 4.78 is 10.8. The molecule has 0 bridgehead atoms. The SMILES string of the molecule is CC1CCC2(CC1)NC(=O)N(NC(=O)COC(=O)c1ccccc1Oc1ccccc1)C2=O. The normalized spacial score (nSPS) is 22.1. The van der Waals surface area contributed by atoms with E-state index < -0.39 is 36.0 Å². The summed E-state index contributed by atoms with van der Waals surface area (Å²) in [5, 5.41) is 3.39. The van der Waals surface area contributed by atoms with E-state index in [9.17, 15) is 19.2 Å². The summed E-state index contributed by atoms with van der Waals surface area (Å²) >= 11 is 0. The molecule has 9 nitrogen and oxygen atoms in total. The maximum Gasteiger partial charge on any atom is 0.344 e. The first-order valence-electron chi connectivity index (χ1n) is 10.8. The number of amides is 4. The van der Waals surface area contributed by atoms with Crippen molar-refractivity contribution in [3.63, 3.8) is 0 Å². The van der Waals surface area contributed by atoms with Crippen LogP contribution in [0.4, 0.5) is 4.79 Å². The summed E-state index contributed by atoms with van der Waals surface area (Å²) in [6, 6.07) is 14.7. The van der Waals surface area contributed by atoms with Crippen molar-refractivity contribution < 1.29 is 28.7 Å². The van der Waals surface area contributed by atoms with Gasteiger partial charge >= 0.3 is 12.0 Å². The van der Waals surface area contributed by atoms with E-state index in [-0.39, 0.29) is 11.3 Å². The first kappa shape index (κ1) is 22.3. The van der Waals surface area contributed by atoms with Crippen LogP contribution in [0.5, 0.6) is 11.5 Å². The Bertz CT molecular complexity index is 1060. The minimum Gasteiger partial charge on any atom is -0.456 e. The van der Waals surface area contributed by atoms with Crippen molar-refractivity contribution in [2.24, 2.45) is 5.92 Å². The molecular weight excluding hydrogens is 426 g/mol. The first-order valence-corrected chi connectivity index (χ1v) is 10.8. The number of rotatable bonds is 6. The third-order valence-corrected chi connectivity index (χ3v) is 5.94. The second-order valence-corrected chi connectivity index (χ2v) is 8.36. The molecule has 2 aliphatic rings. The zero-order chi connectivity index (χ0) is 23.4. The number of imide groups is 1. The van der Waals surface area contributed by atoms with Gasteiger partial charge in [0.2, 0.25) is 0 Å². The van der Waals surface area contributed by atoms with Gasteiger partial charge in [0, 0.05) is 0 Å². The molecule has 1 aliphatic carbocycles. The minimum atomic E-state index is -0.971. The van der Waals surface area contributed by atoms with E-state index in [0.717, 1.165) is 12.8 Å². The number of urea groups is 1. The van der Waals surface area contributed by atoms with Gasteiger partial charge in [-0.25, -0.2) is 9.59 Å². The van der Waals surface area contributed by atoms with E-state index >= 15 is 0 Å². The Morgan fingerprint density at radius 1 is 1.06 bits per heavy atom. The van der Waals surface area contributed by atoms with Crippen LogP contribution in [-0.2, 0) is 14.3 Å². The lowest BCUT2D eigenvalue weighted by Crippen LogP contribution is -2.52. The van der Waals surface area contributed by atoms with Crippen molar-refractivity contribution in [1.29, 1.82) is 0 Å². The van der Waals surface area contributed by atoms with Crippen LogP contribution in [-0.4, -0.2) is 41.0 Å². The van der Waals surface area contributed by atoms with Crippen molar-refractivity contribution in [1.82, 2.24) is 15.8 Å². The van der Waals surface area contributed by atoms with Crippen LogP contribution in [0.15, 0.2) is 54.6 Å². The third kappa shape index (κ3) is 4.82. The number of nitrogens with zero attached hydrogens (tertiary/aromatic N) is 1. The van der Waals surface area contributed by atoms with Gasteiger partial charge in [-0.3, -0.25) is 15.0 Å². The molecule has 0 radical (unpaired) electrons. The number of benzene rings is 2. The van der Waals surface area contributed by atoms with Gasteiger partial charge in [-0.1, -0.05) is 37.3 Å². The van der Waals surface area contributed by atoms with Gasteiger partial charge in [-0.2, -0.15) is 5.01 Å². The molecule has 4 rings (SSSR count). The fourth-order valence-corrected chi connectivity index (χ4v) is 4.02. The van der Waals surface area contributed by atoms with Gasteiger partial charge in [-0.05, 0) is 55.9 Å². The standard InChI is InChI=1S/C24H25N3O6/c1-16-11-13-24(14-12-16)22(30)27(23(31)25-24)26-20(28)15-32-21(29)18-9-5-6-10-19(18)33-17-7-3-2-4-8-17/h2-10,16H,11-15H2,1H3,(H,25,31)(H,26,28). The van der Waals surface area contributed by atoms with E-state index in [2.05, 4.69) is 17.7 Å². The molecule has 1 aliphatic heterocycles. The molecule has 2 aromatic carbocycles. The van der Waals surface area contributed by atoms with Gasteiger partial charge in [0.05, 0.1) is 0 Å². The van der Waals surface area contributed by atoms with Crippen LogP contribution in [0.2, 0.25) is 0 Å². The third-order valence-electron chi connectivity index (χ3n) is 5.94. The first-order chi connectivity index (χ1) is 15.9. The minimum absolute atomic E-state index is 0.138. The highest BCUT2D eigenvalue weighted by atomic mass is 16.5. The number of esters is 1. The molecular formula is C24H25N3O6. The number of nitrogens with one attached hydrogen (secondary N) is 2. The predicted octanol–water partition coefficient (Wildman–Crippen LogP) is 3.17. The summed E-state index contributed by atoms with van der Waals surface area (Å²) in [5.41, 5.74) is 1.41. The Morgan fingerprint density at radius 2 is 1.73 bits per heavy atom. The van der Waals surface area contributed by atoms with Crippen LogP contribution < -0.4 is 15.5 Å². The fourth-order valence-electron chi connectivity index (χ4n) is 4.02. The van der Waals surface area contributed by atoms with Crippen LogP contribution >= 0.6 is 0 Å². The highest BCUT2D eigenvalue weighted by Gasteiger charge is 2.52. The largest absolute Gasteiger partial charge is 0.456 e. The molecule has 1 heterocycles. The quantitative estimate of drug-likeness (QED) is 0.515. The van der Waals surface area contributed by atoms with Gasteiger partial charge in [0.25, 0.3) is 11.8 Å². The molecule has 2 fully saturated rings. The smallest absolute Gasteiger partial charge is 0.344 e. The van der Waals surface area contributed by atoms with Crippen LogP contribution in [0.25, 0.3) is 0 Å². The number of para-hydroxylation sites is 2. The molecule has 9 heteroatoms. The molecule has 0 atom stereocenters. The molecule has 4 amide bonds. The van der Waals surface area contributed by atoms with Crippen molar-refractivity contribution in [2.75, 3.05) is 6.61 Å². The Hall–Kier alpha value is -3.88. The maximum absolute atomic E-state index is 12.8. The number of hydrazine groups is 1. The molecule has 1 spiro atoms. The number of hydrogen-bond donors (Lipinski definition) is 2. The molecule has 0 aromatic heterocycles. The predicted molar refractivity (Wildman–Crippen MR) is 117 cm³/mol. The zero-order valence-electron chi connectivity index (χ0n) is 18.2. The average molecular weight is 451 g/mol. The molecule has 172 valence electrons. The van der Waals surface area contributed by atoms with Gasteiger partial charge in [0.15, 0.2) is 6.61 Å². The summed E-state index contributed by atoms with van der Waals surface area (Å²) in [5.74, 6) is -0.754. The second-order valence-electron chi connectivity index (χ2n) is 8.36. The summed E-state index contributed by atoms with van der Waals surface area (Å²) in [6.07, 6.45) is 2.68. The van der Waals surface area contributed by atoms with E-state index in [1.54, 1.807) is 42.5 Å². The van der Waals surface area contributed by atoms with E-state index in [0.29, 0.717) is 29.5 Å². The molecule has 1 saturated carbocycles. The van der Waals surface area contributed by atoms with Crippen molar-refractivity contribution >= 4 is 23.8 Å². The fraction of sp³-hybridized carbons (Fsp3) is 0.333. The molecule has 1 saturated heterocycles. The molecule has 0 unspecified atom stereocenters. The summed E-state index contributed by atoms with van der Waals surface area (Å²) in [6.45, 7) is 1.44. The zero-order valence-corrected chi connectivity index (χ0v) is 18.2. The lowest BCUT2D eigenvalue weighted by molar-refractivity contribution is -0.141. The lowest BCUT2D eigenvalue weighted by atomic mass is 9.77. The Labute approximate surface area is 191 Å². The number of carbonyl (C=O) groups excluding carboxylic acids is 4. The highest BCUT2D eigenvalue weighted by Crippen LogP contribution is 2.35. The molecule has 2 N–H and O–H groups in total. The number of ether oxygens (including phenoxy) is 2. The second kappa shape index (κ2) is 9.32. The van der Waals surface area contributed by atoms with Crippen LogP contribution in [0.3, 0.4) is 0 Å². The topological polar surface area (TPSA) is 114 Å². The highest BCUT2D eigenvalue weighted by molar-refractivity contribution is 6.08. The summed E-state index contributed by atoms with van der Waals surface area (Å²) in [4.78, 5) is 50.0. The van der Waals surface area contributed by atoms with Crippen molar-refractivity contribution in [3.05, 3.63) is 60.2 Å². The van der Waals surface area contributed by atoms with Crippen LogP contribution in [0.1, 0.15) is 43.0 Å². The Balaban J connectivity index is 1.35. The Kier molecular flexibility index (Phi) is 6.30. The van der Waals surface area contributed by atoms with E-state index in [4.69, 9.17) is 9.47 Å². The van der Waals surface area contributed by atoms with Gasteiger partial charge in [-0.15, -0.1) is 0 Å². The summed E-state index contributed by atoms with van der Waals surface area (Å²) in [7, 11) is 0. The van der Waals surface area contributed by atoms with Crippen molar-refractivity contribution in [3.8, 4) is 11.5 Å². The number of hydrogen-bond acceptors (Lipinski definition) is 6. The van der Waals surface area contributed by atoms with Crippen molar-refractivity contribution in [2.45, 2.75) is 38.1 Å². The molecule has 33 heavy (non-hydrogen) atoms. The van der Waals surface area contributed by atoms with Gasteiger partial charge in [0.1, 0.15) is 22.6 Å². The Morgan fingerprint density at radius 3 is 2.45 bits per heavy atom. The van der Waals surface area contributed by atoms with E-state index in [1.165, 1.54) is 6.07 Å². The monoisotopic (exact) mass is 451 g/mol.